The van der Waals surface area contributed by atoms with Gasteiger partial charge in [0.05, 0.1) is 13.2 Å². The van der Waals surface area contributed by atoms with Gasteiger partial charge in [-0.05, 0) is 6.42 Å². The van der Waals surface area contributed by atoms with Gasteiger partial charge in [0.1, 0.15) is 18.3 Å². The Bertz CT molecular complexity index is 285. The summed E-state index contributed by atoms with van der Waals surface area (Å²) in [5.74, 6) is -0.614. The molecule has 7 nitrogen and oxygen atoms in total. The molecule has 0 aromatic carbocycles. The molecule has 0 unspecified atom stereocenters. The Kier molecular flexibility index (Phi) is 12.4. The van der Waals surface area contributed by atoms with Gasteiger partial charge in [-0.3, -0.25) is 4.79 Å². The summed E-state index contributed by atoms with van der Waals surface area (Å²) >= 11 is 0. The molecule has 0 bridgehead atoms. The van der Waals surface area contributed by atoms with Crippen molar-refractivity contribution in [3.05, 3.63) is 0 Å². The van der Waals surface area contributed by atoms with Crippen LogP contribution < -0.4 is 0 Å². The maximum absolute atomic E-state index is 11.7. The molecule has 0 aromatic heterocycles. The van der Waals surface area contributed by atoms with Crippen molar-refractivity contribution < 1.29 is 35.1 Å². The summed E-state index contributed by atoms with van der Waals surface area (Å²) in [7, 11) is 0. The highest BCUT2D eigenvalue weighted by Crippen LogP contribution is 2.13. The first-order valence-corrected chi connectivity index (χ1v) is 7.93. The lowest BCUT2D eigenvalue weighted by atomic mass is 10.0. The van der Waals surface area contributed by atoms with Gasteiger partial charge in [0.15, 0.2) is 6.10 Å². The molecule has 0 rings (SSSR count). The van der Waals surface area contributed by atoms with Gasteiger partial charge < -0.3 is 30.3 Å². The summed E-state index contributed by atoms with van der Waals surface area (Å²) in [6.45, 7) is 0.644. The zero-order chi connectivity index (χ0) is 17.0. The van der Waals surface area contributed by atoms with E-state index in [1.807, 2.05) is 0 Å². The van der Waals surface area contributed by atoms with Crippen molar-refractivity contribution in [1.82, 2.24) is 0 Å². The minimum Gasteiger partial charge on any atom is -0.457 e. The molecular formula is C15H30O7. The number of hydrogen-bond acceptors (Lipinski definition) is 7. The zero-order valence-electron chi connectivity index (χ0n) is 13.2. The third kappa shape index (κ3) is 8.65. The van der Waals surface area contributed by atoms with Crippen LogP contribution in [0.3, 0.4) is 0 Å². The maximum atomic E-state index is 11.7. The Morgan fingerprint density at radius 3 is 2.00 bits per heavy atom. The number of carbonyl (C=O) groups is 1. The zero-order valence-corrected chi connectivity index (χ0v) is 13.2. The fourth-order valence-electron chi connectivity index (χ4n) is 2.07. The van der Waals surface area contributed by atoms with E-state index < -0.39 is 43.6 Å². The van der Waals surface area contributed by atoms with Gasteiger partial charge in [-0.15, -0.1) is 0 Å². The number of aliphatic hydroxyl groups excluding tert-OH is 5. The molecule has 0 aromatic rings. The molecule has 0 fully saturated rings. The van der Waals surface area contributed by atoms with Crippen molar-refractivity contribution in [1.29, 1.82) is 0 Å². The molecule has 132 valence electrons. The minimum absolute atomic E-state index is 0.142. The van der Waals surface area contributed by atoms with Crippen molar-refractivity contribution in [2.45, 2.75) is 76.3 Å². The van der Waals surface area contributed by atoms with E-state index in [-0.39, 0.29) is 6.42 Å². The van der Waals surface area contributed by atoms with Gasteiger partial charge in [-0.2, -0.15) is 0 Å². The molecule has 0 spiro atoms. The molecule has 0 aliphatic heterocycles. The first-order chi connectivity index (χ1) is 10.5. The number of ether oxygens (including phenoxy) is 1. The molecule has 0 heterocycles. The molecule has 0 saturated heterocycles. The monoisotopic (exact) mass is 322 g/mol. The van der Waals surface area contributed by atoms with Crippen LogP contribution in [0.2, 0.25) is 0 Å². The number of rotatable bonds is 13. The minimum atomic E-state index is -1.67. The molecule has 5 N–H and O–H groups in total. The molecule has 0 saturated carbocycles. The van der Waals surface area contributed by atoms with Crippen molar-refractivity contribution in [2.75, 3.05) is 13.2 Å². The Morgan fingerprint density at radius 1 is 0.909 bits per heavy atom. The van der Waals surface area contributed by atoms with Crippen molar-refractivity contribution in [2.24, 2.45) is 0 Å². The number of aliphatic hydroxyl groups is 5. The topological polar surface area (TPSA) is 127 Å². The van der Waals surface area contributed by atoms with E-state index in [4.69, 9.17) is 14.9 Å². The summed E-state index contributed by atoms with van der Waals surface area (Å²) < 4.78 is 4.95. The van der Waals surface area contributed by atoms with Crippen LogP contribution >= 0.6 is 0 Å². The summed E-state index contributed by atoms with van der Waals surface area (Å²) in [6, 6.07) is 0. The van der Waals surface area contributed by atoms with E-state index in [1.165, 1.54) is 6.42 Å². The van der Waals surface area contributed by atoms with Crippen LogP contribution in [0.4, 0.5) is 0 Å². The fraction of sp³-hybridized carbons (Fsp3) is 0.933. The van der Waals surface area contributed by atoms with Gasteiger partial charge >= 0.3 is 5.97 Å². The van der Waals surface area contributed by atoms with Crippen LogP contribution in [0.25, 0.3) is 0 Å². The van der Waals surface area contributed by atoms with Gasteiger partial charge in [0, 0.05) is 6.42 Å². The highest BCUT2D eigenvalue weighted by Gasteiger charge is 2.34. The number of unbranched alkanes of at least 4 members (excludes halogenated alkanes) is 5. The lowest BCUT2D eigenvalue weighted by Gasteiger charge is -2.28. The van der Waals surface area contributed by atoms with Crippen molar-refractivity contribution in [3.8, 4) is 0 Å². The lowest BCUT2D eigenvalue weighted by molar-refractivity contribution is -0.177. The second kappa shape index (κ2) is 12.8. The Hall–Kier alpha value is -0.730. The summed E-state index contributed by atoms with van der Waals surface area (Å²) in [5, 5.41) is 46.4. The van der Waals surface area contributed by atoms with Gasteiger partial charge in [-0.1, -0.05) is 39.0 Å². The van der Waals surface area contributed by atoms with E-state index in [0.29, 0.717) is 6.42 Å². The molecule has 0 aliphatic rings. The predicted octanol–water partition coefficient (Wildman–Crippen LogP) is -0.284. The Labute approximate surface area is 131 Å². The normalized spacial score (nSPS) is 16.8. The van der Waals surface area contributed by atoms with E-state index in [0.717, 1.165) is 25.7 Å². The summed E-state index contributed by atoms with van der Waals surface area (Å²) in [4.78, 5) is 11.7. The van der Waals surface area contributed by atoms with Crippen molar-refractivity contribution >= 4 is 5.97 Å². The highest BCUT2D eigenvalue weighted by molar-refractivity contribution is 5.69. The number of esters is 1. The molecule has 4 atom stereocenters. The van der Waals surface area contributed by atoms with Crippen LogP contribution in [0, 0.1) is 0 Å². The summed E-state index contributed by atoms with van der Waals surface area (Å²) in [5.41, 5.74) is 0. The average Bonchev–Trinajstić information content (AvgIpc) is 2.53. The number of carbonyl (C=O) groups excluding carboxylic acids is 1. The molecule has 0 aliphatic carbocycles. The van der Waals surface area contributed by atoms with E-state index in [9.17, 15) is 20.1 Å². The van der Waals surface area contributed by atoms with Crippen LogP contribution in [0.5, 0.6) is 0 Å². The third-order valence-corrected chi connectivity index (χ3v) is 3.49. The van der Waals surface area contributed by atoms with E-state index in [2.05, 4.69) is 6.92 Å². The maximum Gasteiger partial charge on any atom is 0.306 e. The van der Waals surface area contributed by atoms with Gasteiger partial charge in [0.2, 0.25) is 0 Å². The first kappa shape index (κ1) is 21.3. The lowest BCUT2D eigenvalue weighted by Crippen LogP contribution is -2.49. The second-order valence-corrected chi connectivity index (χ2v) is 5.46. The molecule has 0 amide bonds. The molecular weight excluding hydrogens is 292 g/mol. The SMILES string of the molecule is CCCCCCCCC(=O)O[C@@H]([C@H](O)[C@H](O)CO)[C@H](O)CO. The largest absolute Gasteiger partial charge is 0.457 e. The van der Waals surface area contributed by atoms with Gasteiger partial charge in [0.25, 0.3) is 0 Å². The Morgan fingerprint density at radius 2 is 1.45 bits per heavy atom. The van der Waals surface area contributed by atoms with E-state index >= 15 is 0 Å². The predicted molar refractivity (Wildman–Crippen MR) is 80.1 cm³/mol. The summed E-state index contributed by atoms with van der Waals surface area (Å²) in [6.07, 6.45) is -0.0724. The van der Waals surface area contributed by atoms with Gasteiger partial charge in [-0.25, -0.2) is 0 Å². The van der Waals surface area contributed by atoms with Crippen LogP contribution in [0.1, 0.15) is 51.9 Å². The van der Waals surface area contributed by atoms with Crippen LogP contribution in [-0.2, 0) is 9.53 Å². The highest BCUT2D eigenvalue weighted by atomic mass is 16.6. The quantitative estimate of drug-likeness (QED) is 0.233. The average molecular weight is 322 g/mol. The Balaban J connectivity index is 4.22. The fourth-order valence-corrected chi connectivity index (χ4v) is 2.07. The second-order valence-electron chi connectivity index (χ2n) is 5.46. The van der Waals surface area contributed by atoms with E-state index in [1.54, 1.807) is 0 Å². The molecule has 7 heteroatoms. The molecule has 22 heavy (non-hydrogen) atoms. The van der Waals surface area contributed by atoms with Crippen LogP contribution in [0.15, 0.2) is 0 Å². The smallest absolute Gasteiger partial charge is 0.306 e. The van der Waals surface area contributed by atoms with Crippen molar-refractivity contribution in [3.63, 3.8) is 0 Å². The molecule has 0 radical (unpaired) electrons. The third-order valence-electron chi connectivity index (χ3n) is 3.49. The first-order valence-electron chi connectivity index (χ1n) is 7.93. The van der Waals surface area contributed by atoms with Crippen LogP contribution in [-0.4, -0.2) is 69.1 Å². The number of hydrogen-bond donors (Lipinski definition) is 5. The standard InChI is InChI=1S/C15H30O7/c1-2-3-4-5-6-7-8-13(20)22-15(12(19)10-17)14(21)11(18)9-16/h11-12,14-19,21H,2-10H2,1H3/t11-,12-,14-,15-/m1/s1.